The van der Waals surface area contributed by atoms with Crippen LogP contribution >= 0.6 is 0 Å². The van der Waals surface area contributed by atoms with Crippen LogP contribution in [0.2, 0.25) is 0 Å². The number of alkyl carbamates (subject to hydrolysis) is 1. The zero-order chi connectivity index (χ0) is 26.2. The lowest BCUT2D eigenvalue weighted by atomic mass is 9.80. The standard InChI is InChI=1S/C28H44N4O4/c1-5-17-32-24(33)23(13-9-10-16-29-26(35)36-20-22-11-7-6-8-12-22)30-25(34)28(32)14-18-31(19-15-28)21-27(2,3)4/h6-8,11-12,23H,5,9-10,13-21H2,1-4H3,(H,29,35)(H,30,34). The molecule has 1 aromatic rings. The van der Waals surface area contributed by atoms with Crippen molar-refractivity contribution < 1.29 is 19.1 Å². The third-order valence-corrected chi connectivity index (χ3v) is 7.04. The number of piperidine rings is 1. The molecule has 3 rings (SSSR count). The van der Waals surface area contributed by atoms with Crippen molar-refractivity contribution in [1.82, 2.24) is 20.4 Å². The van der Waals surface area contributed by atoms with Crippen LogP contribution in [0.4, 0.5) is 4.79 Å². The molecule has 0 radical (unpaired) electrons. The minimum absolute atomic E-state index is 0.00132. The summed E-state index contributed by atoms with van der Waals surface area (Å²) in [4.78, 5) is 43.0. The first kappa shape index (κ1) is 28.0. The minimum Gasteiger partial charge on any atom is -0.445 e. The Morgan fingerprint density at radius 2 is 1.83 bits per heavy atom. The largest absolute Gasteiger partial charge is 0.445 e. The number of ether oxygens (including phenoxy) is 1. The lowest BCUT2D eigenvalue weighted by Gasteiger charge is -2.52. The number of carbonyl (C=O) groups is 3. The molecule has 8 heteroatoms. The number of nitrogens with zero attached hydrogens (tertiary/aromatic N) is 2. The highest BCUT2D eigenvalue weighted by Gasteiger charge is 2.53. The van der Waals surface area contributed by atoms with Gasteiger partial charge >= 0.3 is 6.09 Å². The summed E-state index contributed by atoms with van der Waals surface area (Å²) in [5.41, 5.74) is 0.423. The summed E-state index contributed by atoms with van der Waals surface area (Å²) in [6.07, 6.45) is 3.74. The van der Waals surface area contributed by atoms with Crippen molar-refractivity contribution in [2.75, 3.05) is 32.7 Å². The molecule has 1 spiro atoms. The zero-order valence-corrected chi connectivity index (χ0v) is 22.5. The number of benzene rings is 1. The average molecular weight is 501 g/mol. The van der Waals surface area contributed by atoms with Crippen molar-refractivity contribution in [1.29, 1.82) is 0 Å². The monoisotopic (exact) mass is 500 g/mol. The summed E-state index contributed by atoms with van der Waals surface area (Å²) in [5, 5.41) is 5.81. The van der Waals surface area contributed by atoms with Crippen molar-refractivity contribution in [3.63, 3.8) is 0 Å². The first-order valence-electron chi connectivity index (χ1n) is 13.4. The van der Waals surface area contributed by atoms with E-state index in [1.807, 2.05) is 35.2 Å². The molecule has 2 aliphatic rings. The molecule has 0 aromatic heterocycles. The van der Waals surface area contributed by atoms with Crippen LogP contribution in [-0.2, 0) is 20.9 Å². The Balaban J connectivity index is 1.44. The van der Waals surface area contributed by atoms with Gasteiger partial charge in [-0.2, -0.15) is 0 Å². The van der Waals surface area contributed by atoms with Crippen LogP contribution in [0.15, 0.2) is 30.3 Å². The molecule has 3 amide bonds. The molecule has 2 N–H and O–H groups in total. The molecule has 2 heterocycles. The normalized spacial score (nSPS) is 20.3. The van der Waals surface area contributed by atoms with E-state index in [-0.39, 0.29) is 23.8 Å². The molecule has 200 valence electrons. The lowest BCUT2D eigenvalue weighted by Crippen LogP contribution is -2.73. The summed E-state index contributed by atoms with van der Waals surface area (Å²) in [6.45, 7) is 12.7. The van der Waals surface area contributed by atoms with Gasteiger partial charge in [-0.15, -0.1) is 0 Å². The first-order chi connectivity index (χ1) is 17.1. The van der Waals surface area contributed by atoms with Gasteiger partial charge in [0.15, 0.2) is 0 Å². The quantitative estimate of drug-likeness (QED) is 0.478. The van der Waals surface area contributed by atoms with E-state index in [0.29, 0.717) is 38.8 Å². The molecule has 8 nitrogen and oxygen atoms in total. The highest BCUT2D eigenvalue weighted by Crippen LogP contribution is 2.34. The van der Waals surface area contributed by atoms with E-state index in [0.717, 1.165) is 38.0 Å². The van der Waals surface area contributed by atoms with Gasteiger partial charge in [-0.05, 0) is 49.5 Å². The van der Waals surface area contributed by atoms with E-state index in [2.05, 4.69) is 43.2 Å². The van der Waals surface area contributed by atoms with Gasteiger partial charge in [0.1, 0.15) is 18.2 Å². The second-order valence-corrected chi connectivity index (χ2v) is 11.4. The van der Waals surface area contributed by atoms with Crippen LogP contribution in [-0.4, -0.2) is 72.0 Å². The molecule has 2 saturated heterocycles. The number of hydrogen-bond donors (Lipinski definition) is 2. The fraction of sp³-hybridized carbons (Fsp3) is 0.679. The van der Waals surface area contributed by atoms with Gasteiger partial charge in [0, 0.05) is 32.7 Å². The van der Waals surface area contributed by atoms with Crippen LogP contribution < -0.4 is 10.6 Å². The Hall–Kier alpha value is -2.61. The number of rotatable bonds is 10. The third kappa shape index (κ3) is 7.45. The second-order valence-electron chi connectivity index (χ2n) is 11.4. The van der Waals surface area contributed by atoms with Gasteiger partial charge in [0.25, 0.3) is 0 Å². The van der Waals surface area contributed by atoms with Gasteiger partial charge in [-0.1, -0.05) is 58.0 Å². The maximum Gasteiger partial charge on any atom is 0.407 e. The maximum absolute atomic E-state index is 13.4. The van der Waals surface area contributed by atoms with E-state index in [4.69, 9.17) is 4.74 Å². The Kier molecular flexibility index (Phi) is 9.77. The van der Waals surface area contributed by atoms with Crippen LogP contribution in [0.3, 0.4) is 0 Å². The van der Waals surface area contributed by atoms with Gasteiger partial charge in [-0.3, -0.25) is 9.59 Å². The second kappa shape index (κ2) is 12.6. The van der Waals surface area contributed by atoms with Crippen LogP contribution in [0.1, 0.15) is 71.8 Å². The molecular formula is C28H44N4O4. The number of carbonyl (C=O) groups excluding carboxylic acids is 3. The van der Waals surface area contributed by atoms with Crippen molar-refractivity contribution >= 4 is 17.9 Å². The van der Waals surface area contributed by atoms with Gasteiger partial charge in [-0.25, -0.2) is 4.79 Å². The van der Waals surface area contributed by atoms with Gasteiger partial charge < -0.3 is 25.2 Å². The predicted molar refractivity (Wildman–Crippen MR) is 140 cm³/mol. The summed E-state index contributed by atoms with van der Waals surface area (Å²) < 4.78 is 5.22. The molecule has 1 unspecified atom stereocenters. The van der Waals surface area contributed by atoms with Crippen molar-refractivity contribution in [2.45, 2.75) is 84.4 Å². The van der Waals surface area contributed by atoms with Crippen molar-refractivity contribution in [2.24, 2.45) is 5.41 Å². The summed E-state index contributed by atoms with van der Waals surface area (Å²) in [6, 6.07) is 9.05. The van der Waals surface area contributed by atoms with E-state index in [1.165, 1.54) is 0 Å². The fourth-order valence-corrected chi connectivity index (χ4v) is 5.31. The predicted octanol–water partition coefficient (Wildman–Crippen LogP) is 3.70. The smallest absolute Gasteiger partial charge is 0.407 e. The Morgan fingerprint density at radius 1 is 1.14 bits per heavy atom. The van der Waals surface area contributed by atoms with E-state index < -0.39 is 17.7 Å². The van der Waals surface area contributed by atoms with Crippen LogP contribution in [0, 0.1) is 5.41 Å². The highest BCUT2D eigenvalue weighted by atomic mass is 16.5. The minimum atomic E-state index is -0.720. The number of likely N-dealkylation sites (tertiary alicyclic amines) is 1. The van der Waals surface area contributed by atoms with Gasteiger partial charge in [0.2, 0.25) is 11.8 Å². The summed E-state index contributed by atoms with van der Waals surface area (Å²) >= 11 is 0. The third-order valence-electron chi connectivity index (χ3n) is 7.04. The molecule has 2 fully saturated rings. The molecule has 36 heavy (non-hydrogen) atoms. The Morgan fingerprint density at radius 3 is 2.47 bits per heavy atom. The molecule has 2 aliphatic heterocycles. The topological polar surface area (TPSA) is 91.0 Å². The van der Waals surface area contributed by atoms with Crippen molar-refractivity contribution in [3.8, 4) is 0 Å². The van der Waals surface area contributed by atoms with Crippen LogP contribution in [0.5, 0.6) is 0 Å². The maximum atomic E-state index is 13.4. The summed E-state index contributed by atoms with van der Waals surface area (Å²) in [5.74, 6) is 0.0366. The molecule has 0 bridgehead atoms. The molecular weight excluding hydrogens is 456 g/mol. The number of hydrogen-bond acceptors (Lipinski definition) is 5. The average Bonchev–Trinajstić information content (AvgIpc) is 2.84. The van der Waals surface area contributed by atoms with E-state index in [9.17, 15) is 14.4 Å². The van der Waals surface area contributed by atoms with E-state index >= 15 is 0 Å². The fourth-order valence-electron chi connectivity index (χ4n) is 5.31. The molecule has 1 atom stereocenters. The number of nitrogens with one attached hydrogen (secondary N) is 2. The number of unbranched alkanes of at least 4 members (excludes halogenated alkanes) is 1. The number of piperazine rings is 1. The SMILES string of the molecule is CCCN1C(=O)C(CCCCNC(=O)OCc2ccccc2)NC(=O)C12CCN(CC(C)(C)C)CC2. The zero-order valence-electron chi connectivity index (χ0n) is 22.5. The lowest BCUT2D eigenvalue weighted by molar-refractivity contribution is -0.161. The molecule has 0 aliphatic carbocycles. The van der Waals surface area contributed by atoms with E-state index in [1.54, 1.807) is 0 Å². The van der Waals surface area contributed by atoms with Gasteiger partial charge in [0.05, 0.1) is 0 Å². The molecule has 0 saturated carbocycles. The van der Waals surface area contributed by atoms with Crippen LogP contribution in [0.25, 0.3) is 0 Å². The Bertz CT molecular complexity index is 875. The van der Waals surface area contributed by atoms with Crippen molar-refractivity contribution in [3.05, 3.63) is 35.9 Å². The number of amides is 3. The highest BCUT2D eigenvalue weighted by molar-refractivity contribution is 6.00. The Labute approximate surface area is 216 Å². The summed E-state index contributed by atoms with van der Waals surface area (Å²) in [7, 11) is 0. The molecule has 1 aromatic carbocycles. The first-order valence-corrected chi connectivity index (χ1v) is 13.4.